The molecule has 0 atom stereocenters. The molecule has 3 nitrogen and oxygen atoms in total. The number of fused-ring (bicyclic) bond motifs is 1. The maximum atomic E-state index is 4.30. The van der Waals surface area contributed by atoms with E-state index in [0.717, 1.165) is 16.8 Å². The Bertz CT molecular complexity index is 584. The number of hydrogen-bond acceptors (Lipinski definition) is 2. The molecule has 0 spiro atoms. The van der Waals surface area contributed by atoms with Crippen LogP contribution in [0.25, 0.3) is 22.2 Å². The van der Waals surface area contributed by atoms with E-state index >= 15 is 0 Å². The van der Waals surface area contributed by atoms with E-state index in [1.807, 2.05) is 18.3 Å². The fourth-order valence-corrected chi connectivity index (χ4v) is 1.74. The van der Waals surface area contributed by atoms with E-state index in [0.29, 0.717) is 0 Å². The first-order chi connectivity index (χ1) is 7.45. The summed E-state index contributed by atoms with van der Waals surface area (Å²) in [7, 11) is 0. The van der Waals surface area contributed by atoms with Gasteiger partial charge < -0.3 is 4.98 Å². The van der Waals surface area contributed by atoms with Crippen molar-refractivity contribution in [3.8, 4) is 11.3 Å². The number of nitrogens with one attached hydrogen (secondary N) is 1. The molecule has 2 heterocycles. The third-order valence-corrected chi connectivity index (χ3v) is 2.43. The van der Waals surface area contributed by atoms with Crippen LogP contribution in [0.15, 0.2) is 49.1 Å². The van der Waals surface area contributed by atoms with Crippen molar-refractivity contribution in [2.45, 2.75) is 0 Å². The summed E-state index contributed by atoms with van der Waals surface area (Å²) < 4.78 is 0. The molecule has 0 amide bonds. The minimum Gasteiger partial charge on any atom is -0.361 e. The van der Waals surface area contributed by atoms with Gasteiger partial charge >= 0.3 is 0 Å². The Labute approximate surface area is 86.8 Å². The topological polar surface area (TPSA) is 41.6 Å². The predicted octanol–water partition coefficient (Wildman–Crippen LogP) is 2.62. The van der Waals surface area contributed by atoms with Gasteiger partial charge in [0.05, 0.1) is 17.4 Å². The minimum atomic E-state index is 0.894. The maximum Gasteiger partial charge on any atom is 0.0906 e. The highest BCUT2D eigenvalue weighted by Crippen LogP contribution is 2.24. The molecule has 3 rings (SSSR count). The first-order valence-electron chi connectivity index (χ1n) is 4.77. The van der Waals surface area contributed by atoms with Gasteiger partial charge in [0.1, 0.15) is 0 Å². The zero-order chi connectivity index (χ0) is 10.1. The van der Waals surface area contributed by atoms with Gasteiger partial charge in [0, 0.05) is 29.5 Å². The van der Waals surface area contributed by atoms with Crippen LogP contribution in [0.3, 0.4) is 0 Å². The first kappa shape index (κ1) is 8.17. The van der Waals surface area contributed by atoms with E-state index in [9.17, 15) is 0 Å². The van der Waals surface area contributed by atoms with Gasteiger partial charge in [-0.3, -0.25) is 9.97 Å². The molecule has 0 fully saturated rings. The number of H-pyrrole nitrogens is 1. The molecule has 0 bridgehead atoms. The van der Waals surface area contributed by atoms with Gasteiger partial charge in [-0.15, -0.1) is 0 Å². The summed E-state index contributed by atoms with van der Waals surface area (Å²) in [5.74, 6) is 0. The van der Waals surface area contributed by atoms with Crippen LogP contribution in [0.4, 0.5) is 0 Å². The second-order valence-electron chi connectivity index (χ2n) is 3.34. The molecule has 0 aliphatic carbocycles. The van der Waals surface area contributed by atoms with Crippen LogP contribution in [0.1, 0.15) is 0 Å². The molecular formula is C12H9N3. The SMILES string of the molecule is c1cc(-c2cnccn2)c2[nH]ccc2c1. The Morgan fingerprint density at radius 3 is 2.93 bits per heavy atom. The fourth-order valence-electron chi connectivity index (χ4n) is 1.74. The highest BCUT2D eigenvalue weighted by molar-refractivity contribution is 5.92. The van der Waals surface area contributed by atoms with Gasteiger partial charge in [-0.1, -0.05) is 18.2 Å². The average Bonchev–Trinajstić information content (AvgIpc) is 2.78. The summed E-state index contributed by atoms with van der Waals surface area (Å²) in [6.45, 7) is 0. The van der Waals surface area contributed by atoms with Crippen molar-refractivity contribution in [2.75, 3.05) is 0 Å². The molecule has 2 aromatic heterocycles. The molecule has 1 aromatic carbocycles. The Morgan fingerprint density at radius 1 is 1.07 bits per heavy atom. The number of aromatic amines is 1. The van der Waals surface area contributed by atoms with Gasteiger partial charge in [0.25, 0.3) is 0 Å². The summed E-state index contributed by atoms with van der Waals surface area (Å²) in [5.41, 5.74) is 3.09. The van der Waals surface area contributed by atoms with E-state index in [1.165, 1.54) is 5.39 Å². The van der Waals surface area contributed by atoms with Crippen molar-refractivity contribution < 1.29 is 0 Å². The molecule has 72 valence electrons. The standard InChI is InChI=1S/C12H9N3/c1-2-9-4-5-15-12(9)10(3-1)11-8-13-6-7-14-11/h1-8,15H. The molecule has 0 unspecified atom stereocenters. The molecule has 0 radical (unpaired) electrons. The molecule has 0 saturated carbocycles. The molecule has 15 heavy (non-hydrogen) atoms. The van der Waals surface area contributed by atoms with Crippen LogP contribution >= 0.6 is 0 Å². The van der Waals surface area contributed by atoms with Crippen molar-refractivity contribution >= 4 is 10.9 Å². The van der Waals surface area contributed by atoms with Crippen LogP contribution in [-0.4, -0.2) is 15.0 Å². The number of benzene rings is 1. The number of para-hydroxylation sites is 1. The lowest BCUT2D eigenvalue weighted by Gasteiger charge is -2.01. The number of aromatic nitrogens is 3. The van der Waals surface area contributed by atoms with Crippen molar-refractivity contribution in [1.29, 1.82) is 0 Å². The molecule has 1 N–H and O–H groups in total. The van der Waals surface area contributed by atoms with Crippen LogP contribution < -0.4 is 0 Å². The van der Waals surface area contributed by atoms with E-state index in [4.69, 9.17) is 0 Å². The predicted molar refractivity (Wildman–Crippen MR) is 59.3 cm³/mol. The molecular weight excluding hydrogens is 186 g/mol. The summed E-state index contributed by atoms with van der Waals surface area (Å²) >= 11 is 0. The quantitative estimate of drug-likeness (QED) is 0.648. The third kappa shape index (κ3) is 1.29. The number of hydrogen-bond donors (Lipinski definition) is 1. The van der Waals surface area contributed by atoms with E-state index < -0.39 is 0 Å². The number of nitrogens with zero attached hydrogens (tertiary/aromatic N) is 2. The zero-order valence-electron chi connectivity index (χ0n) is 8.01. The number of rotatable bonds is 1. The van der Waals surface area contributed by atoms with Crippen molar-refractivity contribution in [1.82, 2.24) is 15.0 Å². The normalized spacial score (nSPS) is 10.7. The highest BCUT2D eigenvalue weighted by atomic mass is 14.8. The van der Waals surface area contributed by atoms with E-state index in [-0.39, 0.29) is 0 Å². The Hall–Kier alpha value is -2.16. The highest BCUT2D eigenvalue weighted by Gasteiger charge is 2.04. The maximum absolute atomic E-state index is 4.30. The zero-order valence-corrected chi connectivity index (χ0v) is 8.01. The van der Waals surface area contributed by atoms with Gasteiger partial charge in [-0.05, 0) is 6.07 Å². The lowest BCUT2D eigenvalue weighted by molar-refractivity contribution is 1.21. The average molecular weight is 195 g/mol. The van der Waals surface area contributed by atoms with Gasteiger partial charge in [0.15, 0.2) is 0 Å². The smallest absolute Gasteiger partial charge is 0.0906 e. The summed E-state index contributed by atoms with van der Waals surface area (Å²) in [5, 5.41) is 1.19. The van der Waals surface area contributed by atoms with Crippen LogP contribution in [0, 0.1) is 0 Å². The first-order valence-corrected chi connectivity index (χ1v) is 4.77. The molecule has 0 saturated heterocycles. The molecule has 0 aliphatic heterocycles. The minimum absolute atomic E-state index is 0.894. The summed E-state index contributed by atoms with van der Waals surface area (Å²) in [4.78, 5) is 11.6. The van der Waals surface area contributed by atoms with E-state index in [2.05, 4.69) is 27.1 Å². The Balaban J connectivity index is 2.31. The van der Waals surface area contributed by atoms with Crippen molar-refractivity contribution in [3.63, 3.8) is 0 Å². The van der Waals surface area contributed by atoms with Gasteiger partial charge in [-0.25, -0.2) is 0 Å². The second-order valence-corrected chi connectivity index (χ2v) is 3.34. The molecule has 3 heteroatoms. The van der Waals surface area contributed by atoms with Gasteiger partial charge in [0.2, 0.25) is 0 Å². The summed E-state index contributed by atoms with van der Waals surface area (Å²) in [6.07, 6.45) is 7.09. The van der Waals surface area contributed by atoms with Crippen molar-refractivity contribution in [3.05, 3.63) is 49.1 Å². The Kier molecular flexibility index (Phi) is 1.75. The monoisotopic (exact) mass is 195 g/mol. The summed E-state index contributed by atoms with van der Waals surface area (Å²) in [6, 6.07) is 8.20. The molecule has 0 aliphatic rings. The van der Waals surface area contributed by atoms with Crippen LogP contribution in [0.5, 0.6) is 0 Å². The van der Waals surface area contributed by atoms with E-state index in [1.54, 1.807) is 18.6 Å². The lowest BCUT2D eigenvalue weighted by atomic mass is 10.1. The largest absolute Gasteiger partial charge is 0.361 e. The van der Waals surface area contributed by atoms with Gasteiger partial charge in [-0.2, -0.15) is 0 Å². The van der Waals surface area contributed by atoms with Crippen LogP contribution in [0.2, 0.25) is 0 Å². The van der Waals surface area contributed by atoms with Crippen LogP contribution in [-0.2, 0) is 0 Å². The second kappa shape index (κ2) is 3.20. The Morgan fingerprint density at radius 2 is 2.07 bits per heavy atom. The molecule has 3 aromatic rings. The lowest BCUT2D eigenvalue weighted by Crippen LogP contribution is -1.85. The third-order valence-electron chi connectivity index (χ3n) is 2.43. The fraction of sp³-hybridized carbons (Fsp3) is 0. The van der Waals surface area contributed by atoms with Crippen molar-refractivity contribution in [2.24, 2.45) is 0 Å².